The number of rotatable bonds is 4. The summed E-state index contributed by atoms with van der Waals surface area (Å²) in [6, 6.07) is 3.79. The second-order valence-electron chi connectivity index (χ2n) is 4.24. The van der Waals surface area contributed by atoms with Gasteiger partial charge in [0.05, 0.1) is 19.8 Å². The van der Waals surface area contributed by atoms with E-state index < -0.39 is 5.60 Å². The van der Waals surface area contributed by atoms with Gasteiger partial charge in [-0.15, -0.1) is 0 Å². The molecular weight excluding hydrogens is 204 g/mol. The van der Waals surface area contributed by atoms with Gasteiger partial charge in [-0.3, -0.25) is 0 Å². The predicted octanol–water partition coefficient (Wildman–Crippen LogP) is 2.25. The van der Waals surface area contributed by atoms with E-state index in [1.54, 1.807) is 14.2 Å². The topological polar surface area (TPSA) is 38.7 Å². The van der Waals surface area contributed by atoms with Crippen molar-refractivity contribution in [1.82, 2.24) is 0 Å². The van der Waals surface area contributed by atoms with Gasteiger partial charge < -0.3 is 14.6 Å². The highest BCUT2D eigenvalue weighted by atomic mass is 16.5. The van der Waals surface area contributed by atoms with Crippen LogP contribution in [0.5, 0.6) is 11.5 Å². The van der Waals surface area contributed by atoms with Crippen LogP contribution in [0, 0.1) is 0 Å². The molecule has 0 spiro atoms. The standard InChI is InChI=1S/C13H18O3/c1-4-10-11(13(14)5-6-13)7-9(15-2)8-12(10)16-3/h7-8,14H,4-6H2,1-3H3. The van der Waals surface area contributed by atoms with E-state index in [-0.39, 0.29) is 0 Å². The summed E-state index contributed by atoms with van der Waals surface area (Å²) in [7, 11) is 3.27. The van der Waals surface area contributed by atoms with Gasteiger partial charge in [0.2, 0.25) is 0 Å². The van der Waals surface area contributed by atoms with Crippen molar-refractivity contribution in [2.45, 2.75) is 31.8 Å². The summed E-state index contributed by atoms with van der Waals surface area (Å²) in [5.41, 5.74) is 1.40. The maximum Gasteiger partial charge on any atom is 0.126 e. The molecule has 0 unspecified atom stereocenters. The average molecular weight is 222 g/mol. The number of aliphatic hydroxyl groups is 1. The molecule has 1 aliphatic carbocycles. The van der Waals surface area contributed by atoms with E-state index in [9.17, 15) is 5.11 Å². The van der Waals surface area contributed by atoms with Gasteiger partial charge in [0, 0.05) is 11.6 Å². The first-order chi connectivity index (χ1) is 7.64. The van der Waals surface area contributed by atoms with Crippen LogP contribution in [0.25, 0.3) is 0 Å². The molecule has 0 atom stereocenters. The van der Waals surface area contributed by atoms with Crippen LogP contribution in [0.15, 0.2) is 12.1 Å². The number of ether oxygens (including phenoxy) is 2. The first-order valence-corrected chi connectivity index (χ1v) is 5.62. The molecule has 1 saturated carbocycles. The molecule has 3 heteroatoms. The summed E-state index contributed by atoms with van der Waals surface area (Å²) in [5.74, 6) is 1.54. The molecule has 0 heterocycles. The Kier molecular flexibility index (Phi) is 2.80. The highest BCUT2D eigenvalue weighted by molar-refractivity contribution is 5.50. The van der Waals surface area contributed by atoms with Crippen LogP contribution in [0.3, 0.4) is 0 Å². The van der Waals surface area contributed by atoms with Crippen molar-refractivity contribution in [1.29, 1.82) is 0 Å². The first kappa shape index (κ1) is 11.3. The summed E-state index contributed by atoms with van der Waals surface area (Å²) in [5, 5.41) is 10.2. The van der Waals surface area contributed by atoms with Gasteiger partial charge >= 0.3 is 0 Å². The second kappa shape index (κ2) is 3.98. The van der Waals surface area contributed by atoms with Crippen molar-refractivity contribution < 1.29 is 14.6 Å². The zero-order valence-electron chi connectivity index (χ0n) is 10.0. The van der Waals surface area contributed by atoms with Crippen molar-refractivity contribution in [2.24, 2.45) is 0 Å². The molecule has 1 aromatic carbocycles. The van der Waals surface area contributed by atoms with Crippen LogP contribution in [-0.4, -0.2) is 19.3 Å². The lowest BCUT2D eigenvalue weighted by atomic mass is 9.97. The number of hydrogen-bond donors (Lipinski definition) is 1. The fourth-order valence-corrected chi connectivity index (χ4v) is 2.09. The molecule has 0 aliphatic heterocycles. The highest BCUT2D eigenvalue weighted by Crippen LogP contribution is 2.49. The molecule has 0 bridgehead atoms. The lowest BCUT2D eigenvalue weighted by molar-refractivity contribution is 0.149. The lowest BCUT2D eigenvalue weighted by Crippen LogP contribution is -2.10. The molecule has 1 aliphatic rings. The third-order valence-corrected chi connectivity index (χ3v) is 3.22. The fourth-order valence-electron chi connectivity index (χ4n) is 2.09. The van der Waals surface area contributed by atoms with E-state index in [0.29, 0.717) is 0 Å². The summed E-state index contributed by atoms with van der Waals surface area (Å²) >= 11 is 0. The van der Waals surface area contributed by atoms with E-state index in [2.05, 4.69) is 6.92 Å². The Hall–Kier alpha value is -1.22. The summed E-state index contributed by atoms with van der Waals surface area (Å²) in [6.45, 7) is 2.07. The second-order valence-corrected chi connectivity index (χ2v) is 4.24. The molecule has 1 fully saturated rings. The molecule has 16 heavy (non-hydrogen) atoms. The number of hydrogen-bond acceptors (Lipinski definition) is 3. The number of benzene rings is 1. The molecule has 0 amide bonds. The van der Waals surface area contributed by atoms with E-state index in [0.717, 1.165) is 41.9 Å². The van der Waals surface area contributed by atoms with Crippen LogP contribution in [0.1, 0.15) is 30.9 Å². The van der Waals surface area contributed by atoms with Gasteiger partial charge in [-0.2, -0.15) is 0 Å². The SMILES string of the molecule is CCc1c(OC)cc(OC)cc1C1(O)CC1. The quantitative estimate of drug-likeness (QED) is 0.849. The van der Waals surface area contributed by atoms with Crippen LogP contribution < -0.4 is 9.47 Å². The van der Waals surface area contributed by atoms with Gasteiger partial charge in [0.15, 0.2) is 0 Å². The Morgan fingerprint density at radius 1 is 1.25 bits per heavy atom. The van der Waals surface area contributed by atoms with E-state index in [1.807, 2.05) is 12.1 Å². The molecule has 2 rings (SSSR count). The maximum absolute atomic E-state index is 10.2. The predicted molar refractivity (Wildman–Crippen MR) is 62.1 cm³/mol. The number of methoxy groups -OCH3 is 2. The van der Waals surface area contributed by atoms with Gasteiger partial charge in [0.1, 0.15) is 11.5 Å². The minimum Gasteiger partial charge on any atom is -0.497 e. The van der Waals surface area contributed by atoms with Crippen molar-refractivity contribution >= 4 is 0 Å². The Labute approximate surface area is 96.0 Å². The molecule has 0 saturated heterocycles. The summed E-state index contributed by atoms with van der Waals surface area (Å²) < 4.78 is 10.6. The summed E-state index contributed by atoms with van der Waals surface area (Å²) in [6.07, 6.45) is 2.51. The molecule has 88 valence electrons. The highest BCUT2D eigenvalue weighted by Gasteiger charge is 2.44. The Balaban J connectivity index is 2.55. The lowest BCUT2D eigenvalue weighted by Gasteiger charge is -2.18. The third kappa shape index (κ3) is 1.76. The maximum atomic E-state index is 10.2. The molecule has 3 nitrogen and oxygen atoms in total. The molecule has 0 aromatic heterocycles. The van der Waals surface area contributed by atoms with Crippen LogP contribution in [0.4, 0.5) is 0 Å². The van der Waals surface area contributed by atoms with Crippen molar-refractivity contribution in [2.75, 3.05) is 14.2 Å². The van der Waals surface area contributed by atoms with Crippen LogP contribution in [-0.2, 0) is 12.0 Å². The zero-order chi connectivity index (χ0) is 11.8. The smallest absolute Gasteiger partial charge is 0.126 e. The van der Waals surface area contributed by atoms with Crippen molar-refractivity contribution in [3.05, 3.63) is 23.3 Å². The van der Waals surface area contributed by atoms with Crippen molar-refractivity contribution in [3.63, 3.8) is 0 Å². The van der Waals surface area contributed by atoms with Crippen LogP contribution in [0.2, 0.25) is 0 Å². The largest absolute Gasteiger partial charge is 0.497 e. The fraction of sp³-hybridized carbons (Fsp3) is 0.538. The van der Waals surface area contributed by atoms with E-state index >= 15 is 0 Å². The molecule has 0 radical (unpaired) electrons. The van der Waals surface area contributed by atoms with Crippen LogP contribution >= 0.6 is 0 Å². The minimum absolute atomic E-state index is 0.646. The van der Waals surface area contributed by atoms with Gasteiger partial charge in [0.25, 0.3) is 0 Å². The van der Waals surface area contributed by atoms with E-state index in [4.69, 9.17) is 9.47 Å². The Morgan fingerprint density at radius 2 is 1.94 bits per heavy atom. The molecular formula is C13H18O3. The minimum atomic E-state index is -0.646. The van der Waals surface area contributed by atoms with E-state index in [1.165, 1.54) is 0 Å². The van der Waals surface area contributed by atoms with Gasteiger partial charge in [-0.25, -0.2) is 0 Å². The first-order valence-electron chi connectivity index (χ1n) is 5.62. The molecule has 1 aromatic rings. The Bertz CT molecular complexity index is 394. The Morgan fingerprint density at radius 3 is 2.38 bits per heavy atom. The van der Waals surface area contributed by atoms with Crippen molar-refractivity contribution in [3.8, 4) is 11.5 Å². The third-order valence-electron chi connectivity index (χ3n) is 3.22. The van der Waals surface area contributed by atoms with Gasteiger partial charge in [-0.05, 0) is 30.9 Å². The molecule has 1 N–H and O–H groups in total. The zero-order valence-corrected chi connectivity index (χ0v) is 10.0. The van der Waals surface area contributed by atoms with Gasteiger partial charge in [-0.1, -0.05) is 6.92 Å². The normalized spacial score (nSPS) is 17.0. The average Bonchev–Trinajstić information content (AvgIpc) is 3.06. The monoisotopic (exact) mass is 222 g/mol. The summed E-state index contributed by atoms with van der Waals surface area (Å²) in [4.78, 5) is 0.